The van der Waals surface area contributed by atoms with Gasteiger partial charge in [0.25, 0.3) is 15.9 Å². The second-order valence-corrected chi connectivity index (χ2v) is 8.12. The molecule has 1 saturated carbocycles. The zero-order chi connectivity index (χ0) is 16.3. The Bertz CT molecular complexity index is 656. The van der Waals surface area contributed by atoms with Crippen LogP contribution in [0.1, 0.15) is 44.9 Å². The van der Waals surface area contributed by atoms with Gasteiger partial charge in [-0.05, 0) is 25.0 Å². The van der Waals surface area contributed by atoms with Gasteiger partial charge in [0.05, 0.1) is 11.3 Å². The Kier molecular flexibility index (Phi) is 4.84. The fourth-order valence-electron chi connectivity index (χ4n) is 3.20. The number of carbonyl (C=O) groups excluding carboxylic acids is 1. The topological polar surface area (TPSA) is 78.8 Å². The number of rotatable bonds is 2. The molecule has 0 spiro atoms. The monoisotopic (exact) mass is 337 g/mol. The smallest absolute Gasteiger partial charge is 0.256 e. The number of carbonyl (C=O) groups is 1. The predicted octanol–water partition coefficient (Wildman–Crippen LogP) is 1.71. The first-order chi connectivity index (χ1) is 11.0. The maximum atomic E-state index is 12.5. The highest BCUT2D eigenvalue weighted by molar-refractivity contribution is 7.90. The van der Waals surface area contributed by atoms with Gasteiger partial charge in [-0.25, -0.2) is 8.42 Å². The molecule has 7 heteroatoms. The van der Waals surface area contributed by atoms with Crippen molar-refractivity contribution in [3.8, 4) is 0 Å². The summed E-state index contributed by atoms with van der Waals surface area (Å²) in [5.41, 5.74) is 0.560. The Morgan fingerprint density at radius 3 is 2.57 bits per heavy atom. The van der Waals surface area contributed by atoms with Crippen molar-refractivity contribution in [1.82, 2.24) is 10.2 Å². The Morgan fingerprint density at radius 2 is 1.83 bits per heavy atom. The number of amidine groups is 1. The molecule has 1 amide bonds. The molecule has 6 nitrogen and oxygen atoms in total. The number of hydrogen-bond donors (Lipinski definition) is 1. The molecule has 0 atom stereocenters. The summed E-state index contributed by atoms with van der Waals surface area (Å²) >= 11 is 0. The molecule has 2 aliphatic heterocycles. The Balaban J connectivity index is 1.64. The van der Waals surface area contributed by atoms with Crippen LogP contribution in [-0.4, -0.2) is 43.4 Å². The Labute approximate surface area is 137 Å². The first-order valence-electron chi connectivity index (χ1n) is 8.33. The molecular weight excluding hydrogens is 314 g/mol. The molecule has 126 valence electrons. The normalized spacial score (nSPS) is 24.8. The van der Waals surface area contributed by atoms with E-state index in [0.717, 1.165) is 12.8 Å². The number of nitrogens with zero attached hydrogens (tertiary/aromatic N) is 2. The fourth-order valence-corrected chi connectivity index (χ4v) is 4.17. The molecule has 1 fully saturated rings. The van der Waals surface area contributed by atoms with Crippen LogP contribution in [0.4, 0.5) is 0 Å². The summed E-state index contributed by atoms with van der Waals surface area (Å²) in [6.07, 6.45) is 13.2. The number of sulfonamides is 1. The molecule has 2 heterocycles. The molecule has 0 bridgehead atoms. The van der Waals surface area contributed by atoms with Gasteiger partial charge < -0.3 is 10.2 Å². The maximum Gasteiger partial charge on any atom is 0.256 e. The summed E-state index contributed by atoms with van der Waals surface area (Å²) in [6, 6.07) is 0.244. The van der Waals surface area contributed by atoms with Crippen molar-refractivity contribution in [2.45, 2.75) is 51.0 Å². The molecule has 0 aromatic heterocycles. The minimum atomic E-state index is -3.36. The van der Waals surface area contributed by atoms with Crippen LogP contribution in [-0.2, 0) is 14.8 Å². The standard InChI is InChI=1S/C16H23N3O3S/c20-16(17-14-6-4-2-1-3-5-7-14)13-8-9-15-18-23(21,22)11-10-19(15)12-13/h8-9,12,14H,1-7,10-11H2,(H,17,20). The van der Waals surface area contributed by atoms with E-state index in [1.165, 1.54) is 32.1 Å². The van der Waals surface area contributed by atoms with Crippen LogP contribution in [0.5, 0.6) is 0 Å². The number of hydrogen-bond acceptors (Lipinski definition) is 4. The first-order valence-corrected chi connectivity index (χ1v) is 9.94. The highest BCUT2D eigenvalue weighted by Crippen LogP contribution is 2.19. The first kappa shape index (κ1) is 16.2. The molecule has 0 saturated heterocycles. The van der Waals surface area contributed by atoms with Crippen molar-refractivity contribution in [3.63, 3.8) is 0 Å². The van der Waals surface area contributed by atoms with E-state index in [-0.39, 0.29) is 17.7 Å². The lowest BCUT2D eigenvalue weighted by atomic mass is 9.96. The summed E-state index contributed by atoms with van der Waals surface area (Å²) in [5.74, 6) is 0.288. The van der Waals surface area contributed by atoms with Crippen molar-refractivity contribution in [2.75, 3.05) is 12.3 Å². The molecule has 3 aliphatic rings. The molecule has 0 radical (unpaired) electrons. The Morgan fingerprint density at radius 1 is 1.13 bits per heavy atom. The average molecular weight is 337 g/mol. The van der Waals surface area contributed by atoms with Gasteiger partial charge in [-0.15, -0.1) is 4.40 Å². The number of fused-ring (bicyclic) bond motifs is 1. The molecule has 0 aromatic rings. The molecule has 0 aromatic carbocycles. The van der Waals surface area contributed by atoms with Gasteiger partial charge in [0.2, 0.25) is 0 Å². The maximum absolute atomic E-state index is 12.5. The van der Waals surface area contributed by atoms with Crippen molar-refractivity contribution in [2.24, 2.45) is 4.40 Å². The SMILES string of the molecule is O=C(NC1CCCCCCC1)C1=CN2CCS(=O)(=O)N=C2C=C1. The van der Waals surface area contributed by atoms with E-state index in [1.807, 2.05) is 0 Å². The van der Waals surface area contributed by atoms with Crippen LogP contribution in [0.3, 0.4) is 0 Å². The number of nitrogens with one attached hydrogen (secondary N) is 1. The van der Waals surface area contributed by atoms with Crippen LogP contribution in [0.25, 0.3) is 0 Å². The molecule has 0 unspecified atom stereocenters. The van der Waals surface area contributed by atoms with Crippen molar-refractivity contribution < 1.29 is 13.2 Å². The summed E-state index contributed by atoms with van der Waals surface area (Å²) in [4.78, 5) is 14.2. The van der Waals surface area contributed by atoms with Gasteiger partial charge in [0.15, 0.2) is 0 Å². The van der Waals surface area contributed by atoms with Gasteiger partial charge in [0, 0.05) is 18.8 Å². The quantitative estimate of drug-likeness (QED) is 0.832. The van der Waals surface area contributed by atoms with E-state index in [9.17, 15) is 13.2 Å². The van der Waals surface area contributed by atoms with E-state index < -0.39 is 10.0 Å². The van der Waals surface area contributed by atoms with E-state index in [1.54, 1.807) is 23.3 Å². The van der Waals surface area contributed by atoms with Crippen molar-refractivity contribution >= 4 is 21.8 Å². The van der Waals surface area contributed by atoms with Gasteiger partial charge in [-0.1, -0.05) is 32.1 Å². The van der Waals surface area contributed by atoms with Crippen molar-refractivity contribution in [1.29, 1.82) is 0 Å². The third-order valence-corrected chi connectivity index (χ3v) is 5.69. The second-order valence-electron chi connectivity index (χ2n) is 6.36. The minimum Gasteiger partial charge on any atom is -0.349 e. The minimum absolute atomic E-state index is 0.0155. The van der Waals surface area contributed by atoms with E-state index in [0.29, 0.717) is 18.0 Å². The average Bonchev–Trinajstić information content (AvgIpc) is 2.48. The van der Waals surface area contributed by atoms with Gasteiger partial charge in [-0.2, -0.15) is 0 Å². The summed E-state index contributed by atoms with van der Waals surface area (Å²) in [7, 11) is -3.36. The van der Waals surface area contributed by atoms with Crippen LogP contribution in [0, 0.1) is 0 Å². The largest absolute Gasteiger partial charge is 0.349 e. The lowest BCUT2D eigenvalue weighted by molar-refractivity contribution is -0.118. The fraction of sp³-hybridized carbons (Fsp3) is 0.625. The molecular formula is C16H23N3O3S. The second kappa shape index (κ2) is 6.86. The third kappa shape index (κ3) is 4.22. The molecule has 1 aliphatic carbocycles. The molecule has 23 heavy (non-hydrogen) atoms. The lowest BCUT2D eigenvalue weighted by Crippen LogP contribution is -2.40. The summed E-state index contributed by atoms with van der Waals surface area (Å²) < 4.78 is 26.7. The van der Waals surface area contributed by atoms with Gasteiger partial charge >= 0.3 is 0 Å². The van der Waals surface area contributed by atoms with Crippen LogP contribution >= 0.6 is 0 Å². The van der Waals surface area contributed by atoms with E-state index >= 15 is 0 Å². The summed E-state index contributed by atoms with van der Waals surface area (Å²) in [6.45, 7) is 0.339. The molecule has 3 rings (SSSR count). The van der Waals surface area contributed by atoms with Crippen LogP contribution in [0.15, 0.2) is 28.3 Å². The van der Waals surface area contributed by atoms with Crippen LogP contribution in [0.2, 0.25) is 0 Å². The third-order valence-electron chi connectivity index (χ3n) is 4.53. The van der Waals surface area contributed by atoms with Crippen molar-refractivity contribution in [3.05, 3.63) is 23.9 Å². The lowest BCUT2D eigenvalue weighted by Gasteiger charge is -2.27. The van der Waals surface area contributed by atoms with Crippen LogP contribution < -0.4 is 5.32 Å². The summed E-state index contributed by atoms with van der Waals surface area (Å²) in [5, 5.41) is 3.12. The van der Waals surface area contributed by atoms with E-state index in [2.05, 4.69) is 9.71 Å². The van der Waals surface area contributed by atoms with Gasteiger partial charge in [-0.3, -0.25) is 4.79 Å². The van der Waals surface area contributed by atoms with E-state index in [4.69, 9.17) is 0 Å². The molecule has 1 N–H and O–H groups in total. The van der Waals surface area contributed by atoms with Gasteiger partial charge in [0.1, 0.15) is 5.84 Å². The highest BCUT2D eigenvalue weighted by atomic mass is 32.2. The zero-order valence-electron chi connectivity index (χ0n) is 13.2. The predicted molar refractivity (Wildman–Crippen MR) is 89.4 cm³/mol. The zero-order valence-corrected chi connectivity index (χ0v) is 14.0. The highest BCUT2D eigenvalue weighted by Gasteiger charge is 2.25. The number of amides is 1. The Hall–Kier alpha value is -1.63.